The number of nitrogens with zero attached hydrogens (tertiary/aromatic N) is 4. The highest BCUT2D eigenvalue weighted by atomic mass is 16.5. The molecule has 0 radical (unpaired) electrons. The van der Waals surface area contributed by atoms with Gasteiger partial charge in [-0.05, 0) is 13.8 Å². The van der Waals surface area contributed by atoms with Gasteiger partial charge in [-0.25, -0.2) is 19.9 Å². The Morgan fingerprint density at radius 2 is 2.06 bits per heavy atom. The van der Waals surface area contributed by atoms with Crippen LogP contribution in [0.1, 0.15) is 12.6 Å². The zero-order valence-corrected chi connectivity index (χ0v) is 10.6. The van der Waals surface area contributed by atoms with Gasteiger partial charge < -0.3 is 10.1 Å². The van der Waals surface area contributed by atoms with Gasteiger partial charge in [0.25, 0.3) is 0 Å². The molecule has 18 heavy (non-hydrogen) atoms. The van der Waals surface area contributed by atoms with Crippen molar-refractivity contribution in [2.75, 3.05) is 19.0 Å². The van der Waals surface area contributed by atoms with Crippen LogP contribution in [-0.4, -0.2) is 33.6 Å². The highest BCUT2D eigenvalue weighted by Crippen LogP contribution is 2.18. The van der Waals surface area contributed by atoms with Crippen LogP contribution in [0.4, 0.5) is 5.82 Å². The van der Waals surface area contributed by atoms with Gasteiger partial charge in [0.15, 0.2) is 5.82 Å². The second kappa shape index (κ2) is 5.39. The molecule has 0 aliphatic carbocycles. The molecule has 2 rings (SSSR count). The third-order valence-corrected chi connectivity index (χ3v) is 2.29. The van der Waals surface area contributed by atoms with Crippen LogP contribution in [0.5, 0.6) is 5.88 Å². The standard InChI is InChI=1S/C12H15N5O/c1-4-13-10-5-8(2)16-12(17-10)9-6-11(18-3)15-7-14-9/h5-7H,4H2,1-3H3,(H,13,16,17). The molecule has 0 saturated heterocycles. The molecule has 0 spiro atoms. The first kappa shape index (κ1) is 12.2. The summed E-state index contributed by atoms with van der Waals surface area (Å²) in [5.41, 5.74) is 1.53. The van der Waals surface area contributed by atoms with Crippen molar-refractivity contribution in [3.05, 3.63) is 24.2 Å². The van der Waals surface area contributed by atoms with Gasteiger partial charge in [0.05, 0.1) is 7.11 Å². The summed E-state index contributed by atoms with van der Waals surface area (Å²) in [6.07, 6.45) is 1.44. The fourth-order valence-electron chi connectivity index (χ4n) is 1.53. The molecular formula is C12H15N5O. The maximum Gasteiger partial charge on any atom is 0.216 e. The molecule has 2 aromatic rings. The van der Waals surface area contributed by atoms with Crippen molar-refractivity contribution in [3.8, 4) is 17.4 Å². The monoisotopic (exact) mass is 245 g/mol. The predicted molar refractivity (Wildman–Crippen MR) is 68.5 cm³/mol. The van der Waals surface area contributed by atoms with Gasteiger partial charge in [-0.2, -0.15) is 0 Å². The van der Waals surface area contributed by atoms with E-state index in [0.29, 0.717) is 17.4 Å². The fraction of sp³-hybridized carbons (Fsp3) is 0.333. The van der Waals surface area contributed by atoms with Crippen LogP contribution in [0.3, 0.4) is 0 Å². The molecule has 94 valence electrons. The number of hydrogen-bond acceptors (Lipinski definition) is 6. The molecule has 0 aliphatic heterocycles. The van der Waals surface area contributed by atoms with Gasteiger partial charge in [0, 0.05) is 24.4 Å². The number of rotatable bonds is 4. The van der Waals surface area contributed by atoms with E-state index in [1.807, 2.05) is 19.9 Å². The molecule has 0 saturated carbocycles. The molecule has 0 fully saturated rings. The van der Waals surface area contributed by atoms with Crippen LogP contribution in [0, 0.1) is 6.92 Å². The van der Waals surface area contributed by atoms with Crippen molar-refractivity contribution < 1.29 is 4.74 Å². The fourth-order valence-corrected chi connectivity index (χ4v) is 1.53. The van der Waals surface area contributed by atoms with Gasteiger partial charge in [0.2, 0.25) is 5.88 Å². The van der Waals surface area contributed by atoms with E-state index >= 15 is 0 Å². The van der Waals surface area contributed by atoms with Gasteiger partial charge in [0.1, 0.15) is 17.8 Å². The Morgan fingerprint density at radius 1 is 1.22 bits per heavy atom. The van der Waals surface area contributed by atoms with Crippen LogP contribution in [-0.2, 0) is 0 Å². The Kier molecular flexibility index (Phi) is 3.66. The largest absolute Gasteiger partial charge is 0.481 e. The van der Waals surface area contributed by atoms with Gasteiger partial charge in [-0.3, -0.25) is 0 Å². The number of ether oxygens (including phenoxy) is 1. The van der Waals surface area contributed by atoms with E-state index in [9.17, 15) is 0 Å². The Labute approximate surface area is 105 Å². The second-order valence-corrected chi connectivity index (χ2v) is 3.69. The van der Waals surface area contributed by atoms with Crippen LogP contribution in [0.15, 0.2) is 18.5 Å². The lowest BCUT2D eigenvalue weighted by atomic mass is 10.3. The minimum absolute atomic E-state index is 0.495. The number of anilines is 1. The lowest BCUT2D eigenvalue weighted by Gasteiger charge is -2.06. The normalized spacial score (nSPS) is 10.2. The molecule has 0 bridgehead atoms. The number of aryl methyl sites for hydroxylation is 1. The summed E-state index contributed by atoms with van der Waals surface area (Å²) in [6, 6.07) is 3.61. The predicted octanol–water partition coefficient (Wildman–Crippen LogP) is 1.68. The van der Waals surface area contributed by atoms with Crippen molar-refractivity contribution in [1.82, 2.24) is 19.9 Å². The molecule has 0 unspecified atom stereocenters. The number of methoxy groups -OCH3 is 1. The molecule has 0 atom stereocenters. The van der Waals surface area contributed by atoms with E-state index in [1.54, 1.807) is 13.2 Å². The third-order valence-electron chi connectivity index (χ3n) is 2.29. The average molecular weight is 245 g/mol. The Balaban J connectivity index is 2.42. The maximum absolute atomic E-state index is 5.06. The minimum Gasteiger partial charge on any atom is -0.481 e. The van der Waals surface area contributed by atoms with Crippen molar-refractivity contribution in [1.29, 1.82) is 0 Å². The number of aromatic nitrogens is 4. The van der Waals surface area contributed by atoms with Crippen molar-refractivity contribution >= 4 is 5.82 Å². The summed E-state index contributed by atoms with van der Waals surface area (Å²) < 4.78 is 5.06. The topological polar surface area (TPSA) is 72.8 Å². The molecule has 6 heteroatoms. The van der Waals surface area contributed by atoms with Gasteiger partial charge in [-0.1, -0.05) is 0 Å². The van der Waals surface area contributed by atoms with Gasteiger partial charge in [-0.15, -0.1) is 0 Å². The van der Waals surface area contributed by atoms with Crippen LogP contribution < -0.4 is 10.1 Å². The summed E-state index contributed by atoms with van der Waals surface area (Å²) in [6.45, 7) is 4.75. The molecule has 1 N–H and O–H groups in total. The molecule has 2 heterocycles. The van der Waals surface area contributed by atoms with Crippen LogP contribution in [0.2, 0.25) is 0 Å². The maximum atomic E-state index is 5.06. The highest BCUT2D eigenvalue weighted by Gasteiger charge is 2.07. The lowest BCUT2D eigenvalue weighted by Crippen LogP contribution is -2.03. The first-order valence-corrected chi connectivity index (χ1v) is 5.69. The first-order chi connectivity index (χ1) is 8.72. The van der Waals surface area contributed by atoms with E-state index in [4.69, 9.17) is 4.74 Å². The molecular weight excluding hydrogens is 230 g/mol. The van der Waals surface area contributed by atoms with Crippen molar-refractivity contribution in [2.45, 2.75) is 13.8 Å². The van der Waals surface area contributed by atoms with E-state index < -0.39 is 0 Å². The summed E-state index contributed by atoms with van der Waals surface area (Å²) in [5, 5.41) is 3.16. The molecule has 0 aliphatic rings. The smallest absolute Gasteiger partial charge is 0.216 e. The van der Waals surface area contributed by atoms with Gasteiger partial charge >= 0.3 is 0 Å². The zero-order valence-electron chi connectivity index (χ0n) is 10.6. The third kappa shape index (κ3) is 2.71. The van der Waals surface area contributed by atoms with E-state index in [1.165, 1.54) is 6.33 Å². The van der Waals surface area contributed by atoms with E-state index in [0.717, 1.165) is 18.1 Å². The summed E-state index contributed by atoms with van der Waals surface area (Å²) in [7, 11) is 1.56. The van der Waals surface area contributed by atoms with Crippen LogP contribution >= 0.6 is 0 Å². The van der Waals surface area contributed by atoms with E-state index in [2.05, 4.69) is 25.3 Å². The molecule has 0 aromatic carbocycles. The summed E-state index contributed by atoms with van der Waals surface area (Å²) >= 11 is 0. The van der Waals surface area contributed by atoms with Crippen molar-refractivity contribution in [2.24, 2.45) is 0 Å². The van der Waals surface area contributed by atoms with E-state index in [-0.39, 0.29) is 0 Å². The van der Waals surface area contributed by atoms with Crippen molar-refractivity contribution in [3.63, 3.8) is 0 Å². The Hall–Kier alpha value is -2.24. The molecule has 0 amide bonds. The minimum atomic E-state index is 0.495. The Bertz CT molecular complexity index is 544. The molecule has 6 nitrogen and oxygen atoms in total. The first-order valence-electron chi connectivity index (χ1n) is 5.69. The average Bonchev–Trinajstić information content (AvgIpc) is 2.38. The molecule has 2 aromatic heterocycles. The Morgan fingerprint density at radius 3 is 2.78 bits per heavy atom. The zero-order chi connectivity index (χ0) is 13.0. The number of hydrogen-bond donors (Lipinski definition) is 1. The highest BCUT2D eigenvalue weighted by molar-refractivity contribution is 5.53. The summed E-state index contributed by atoms with van der Waals surface area (Å²) in [4.78, 5) is 16.9. The second-order valence-electron chi connectivity index (χ2n) is 3.69. The lowest BCUT2D eigenvalue weighted by molar-refractivity contribution is 0.397. The summed E-state index contributed by atoms with van der Waals surface area (Å²) in [5.74, 6) is 1.85. The van der Waals surface area contributed by atoms with Crippen LogP contribution in [0.25, 0.3) is 11.5 Å². The quantitative estimate of drug-likeness (QED) is 0.883. The number of nitrogens with one attached hydrogen (secondary N) is 1. The SMILES string of the molecule is CCNc1cc(C)nc(-c2cc(OC)ncn2)n1.